The highest BCUT2D eigenvalue weighted by molar-refractivity contribution is 6.29. The molecule has 0 amide bonds. The van der Waals surface area contributed by atoms with E-state index < -0.39 is 0 Å². The Kier molecular flexibility index (Phi) is 10.2. The highest BCUT2D eigenvalue weighted by Crippen LogP contribution is 2.51. The molecule has 2 aromatic heterocycles. The summed E-state index contributed by atoms with van der Waals surface area (Å²) >= 11 is 0. The molecular weight excluding hydrogens is 829 g/mol. The van der Waals surface area contributed by atoms with Crippen LogP contribution in [0.4, 0.5) is 34.1 Å². The number of benzene rings is 10. The second-order valence-electron chi connectivity index (χ2n) is 19.1. The van der Waals surface area contributed by atoms with E-state index in [4.69, 9.17) is 8.83 Å². The standard InChI is InChI=1S/C64H56N2O2/c1-7-9-15-45-17-11-19-49-51-21-13-23-57(63(51)67-61(45)49)65(47-31-25-39(3)41(5)37-47)55-35-29-43-28-34-54-56(36-30-44-27-33-53(55)59(43)60(44)54)66(48-32-26-40(4)42(6)38-48)58-24-14-22-52-50-20-12-18-46(16-10-8-2)62(50)68-64(52)58/h11-14,17-38H,7-10,15-16H2,1-6H3. The first-order valence-electron chi connectivity index (χ1n) is 24.6. The Bertz CT molecular complexity index is 3650. The van der Waals surface area contributed by atoms with Gasteiger partial charge in [0.25, 0.3) is 0 Å². The van der Waals surface area contributed by atoms with Gasteiger partial charge in [0, 0.05) is 43.7 Å². The zero-order chi connectivity index (χ0) is 46.2. The molecule has 0 saturated heterocycles. The Morgan fingerprint density at radius 1 is 0.353 bits per heavy atom. The molecule has 0 aliphatic rings. The summed E-state index contributed by atoms with van der Waals surface area (Å²) in [7, 11) is 0. The number of anilines is 6. The maximum atomic E-state index is 7.08. The van der Waals surface area contributed by atoms with E-state index in [9.17, 15) is 0 Å². The Morgan fingerprint density at radius 2 is 0.750 bits per heavy atom. The fourth-order valence-corrected chi connectivity index (χ4v) is 10.9. The Balaban J connectivity index is 1.11. The Hall–Kier alpha value is -7.56. The van der Waals surface area contributed by atoms with E-state index in [1.807, 2.05) is 0 Å². The lowest BCUT2D eigenvalue weighted by molar-refractivity contribution is 0.658. The van der Waals surface area contributed by atoms with Crippen molar-refractivity contribution in [1.82, 2.24) is 0 Å². The molecular formula is C64H56N2O2. The van der Waals surface area contributed by atoms with Crippen LogP contribution in [0.2, 0.25) is 0 Å². The van der Waals surface area contributed by atoms with Crippen LogP contribution in [0, 0.1) is 27.7 Å². The quantitative estimate of drug-likeness (QED) is 0.114. The fourth-order valence-electron chi connectivity index (χ4n) is 10.9. The molecule has 0 unspecified atom stereocenters. The zero-order valence-corrected chi connectivity index (χ0v) is 40.0. The molecule has 0 saturated carbocycles. The van der Waals surface area contributed by atoms with Gasteiger partial charge in [-0.1, -0.05) is 136 Å². The molecule has 4 heteroatoms. The molecule has 0 fully saturated rings. The molecule has 12 aromatic rings. The molecule has 0 spiro atoms. The monoisotopic (exact) mass is 884 g/mol. The minimum atomic E-state index is 0.902. The van der Waals surface area contributed by atoms with Crippen LogP contribution < -0.4 is 9.80 Å². The molecule has 0 aliphatic carbocycles. The van der Waals surface area contributed by atoms with Crippen molar-refractivity contribution in [1.29, 1.82) is 0 Å². The molecule has 0 bridgehead atoms. The van der Waals surface area contributed by atoms with Crippen LogP contribution in [-0.4, -0.2) is 0 Å². The van der Waals surface area contributed by atoms with Crippen molar-refractivity contribution < 1.29 is 8.83 Å². The highest BCUT2D eigenvalue weighted by Gasteiger charge is 2.26. The molecule has 10 aromatic carbocycles. The van der Waals surface area contributed by atoms with Crippen molar-refractivity contribution in [2.45, 2.75) is 80.1 Å². The number of furan rings is 2. The average Bonchev–Trinajstić information content (AvgIpc) is 3.95. The number of aryl methyl sites for hydroxylation is 6. The van der Waals surface area contributed by atoms with Crippen LogP contribution in [0.5, 0.6) is 0 Å². The van der Waals surface area contributed by atoms with Gasteiger partial charge in [0.15, 0.2) is 11.2 Å². The van der Waals surface area contributed by atoms with Gasteiger partial charge >= 0.3 is 0 Å². The maximum Gasteiger partial charge on any atom is 0.159 e. The summed E-state index contributed by atoms with van der Waals surface area (Å²) in [5.41, 5.74) is 17.8. The first kappa shape index (κ1) is 41.8. The number of para-hydroxylation sites is 4. The van der Waals surface area contributed by atoms with Gasteiger partial charge in [0.1, 0.15) is 11.2 Å². The lowest BCUT2D eigenvalue weighted by Crippen LogP contribution is -2.12. The smallest absolute Gasteiger partial charge is 0.159 e. The SMILES string of the molecule is CCCCc1cccc2c1oc1c(N(c3ccc(C)c(C)c3)c3ccc4ccc5c(N(c6ccc(C)c(C)c6)c6cccc7c6oc6c(CCCC)cccc67)ccc6ccc3c4c65)cccc12. The lowest BCUT2D eigenvalue weighted by Gasteiger charge is -2.29. The Labute approximate surface area is 398 Å². The van der Waals surface area contributed by atoms with E-state index in [1.165, 1.54) is 76.5 Å². The second-order valence-corrected chi connectivity index (χ2v) is 19.1. The first-order valence-corrected chi connectivity index (χ1v) is 24.6. The van der Waals surface area contributed by atoms with Gasteiger partial charge in [0.2, 0.25) is 0 Å². The van der Waals surface area contributed by atoms with Crippen molar-refractivity contribution >= 4 is 110 Å². The summed E-state index contributed by atoms with van der Waals surface area (Å²) < 4.78 is 14.2. The summed E-state index contributed by atoms with van der Waals surface area (Å²) in [4.78, 5) is 4.88. The Morgan fingerprint density at radius 3 is 1.16 bits per heavy atom. The van der Waals surface area contributed by atoms with Gasteiger partial charge in [0.05, 0.1) is 22.7 Å². The zero-order valence-electron chi connectivity index (χ0n) is 40.0. The molecule has 2 heterocycles. The third-order valence-electron chi connectivity index (χ3n) is 14.8. The normalized spacial score (nSPS) is 12.0. The number of rotatable bonds is 12. The van der Waals surface area contributed by atoms with E-state index in [1.54, 1.807) is 0 Å². The number of hydrogen-bond acceptors (Lipinski definition) is 4. The predicted octanol–water partition coefficient (Wildman–Crippen LogP) is 19.2. The average molecular weight is 885 g/mol. The van der Waals surface area contributed by atoms with Gasteiger partial charge in [-0.15, -0.1) is 0 Å². The topological polar surface area (TPSA) is 32.8 Å². The molecule has 0 N–H and O–H groups in total. The summed E-state index contributed by atoms with van der Waals surface area (Å²) in [5, 5.41) is 11.9. The number of hydrogen-bond donors (Lipinski definition) is 0. The predicted molar refractivity (Wildman–Crippen MR) is 290 cm³/mol. The largest absolute Gasteiger partial charge is 0.454 e. The van der Waals surface area contributed by atoms with E-state index in [2.05, 4.69) is 209 Å². The molecule has 68 heavy (non-hydrogen) atoms. The number of unbranched alkanes of at least 4 members (excludes halogenated alkanes) is 2. The van der Waals surface area contributed by atoms with Gasteiger partial charge in [-0.05, 0) is 157 Å². The van der Waals surface area contributed by atoms with E-state index in [0.29, 0.717) is 0 Å². The van der Waals surface area contributed by atoms with Crippen molar-refractivity contribution in [3.8, 4) is 0 Å². The van der Waals surface area contributed by atoms with Crippen molar-refractivity contribution in [3.05, 3.63) is 191 Å². The van der Waals surface area contributed by atoms with Crippen LogP contribution in [0.1, 0.15) is 72.9 Å². The molecule has 334 valence electrons. The third kappa shape index (κ3) is 6.64. The fraction of sp³-hybridized carbons (Fsp3) is 0.188. The highest BCUT2D eigenvalue weighted by atomic mass is 16.3. The van der Waals surface area contributed by atoms with Crippen molar-refractivity contribution in [2.24, 2.45) is 0 Å². The van der Waals surface area contributed by atoms with Gasteiger partial charge in [-0.2, -0.15) is 0 Å². The van der Waals surface area contributed by atoms with E-state index >= 15 is 0 Å². The van der Waals surface area contributed by atoms with E-state index in [-0.39, 0.29) is 0 Å². The summed E-state index contributed by atoms with van der Waals surface area (Å²) in [6, 6.07) is 58.8. The number of fused-ring (bicyclic) bond motifs is 6. The van der Waals surface area contributed by atoms with Gasteiger partial charge in [-0.25, -0.2) is 0 Å². The van der Waals surface area contributed by atoms with Crippen LogP contribution >= 0.6 is 0 Å². The first-order chi connectivity index (χ1) is 33.3. The van der Waals surface area contributed by atoms with Crippen LogP contribution in [0.15, 0.2) is 167 Å². The maximum absolute atomic E-state index is 7.08. The van der Waals surface area contributed by atoms with Gasteiger partial charge in [-0.3, -0.25) is 0 Å². The van der Waals surface area contributed by atoms with Crippen molar-refractivity contribution in [3.63, 3.8) is 0 Å². The second kappa shape index (κ2) is 16.6. The molecule has 12 rings (SSSR count). The van der Waals surface area contributed by atoms with E-state index in [0.717, 1.165) is 106 Å². The molecule has 0 aliphatic heterocycles. The van der Waals surface area contributed by atoms with Crippen LogP contribution in [0.3, 0.4) is 0 Å². The lowest BCUT2D eigenvalue weighted by atomic mass is 9.91. The van der Waals surface area contributed by atoms with Crippen LogP contribution in [-0.2, 0) is 12.8 Å². The minimum absolute atomic E-state index is 0.902. The number of nitrogens with zero attached hydrogens (tertiary/aromatic N) is 2. The summed E-state index contributed by atoms with van der Waals surface area (Å²) in [6.45, 7) is 13.3. The van der Waals surface area contributed by atoms with Gasteiger partial charge < -0.3 is 18.6 Å². The molecule has 0 atom stereocenters. The molecule has 4 nitrogen and oxygen atoms in total. The summed E-state index contributed by atoms with van der Waals surface area (Å²) in [6.07, 6.45) is 6.52. The van der Waals surface area contributed by atoms with Crippen molar-refractivity contribution in [2.75, 3.05) is 9.80 Å². The van der Waals surface area contributed by atoms with Crippen LogP contribution in [0.25, 0.3) is 76.2 Å². The minimum Gasteiger partial charge on any atom is -0.454 e. The summed E-state index contributed by atoms with van der Waals surface area (Å²) in [5.74, 6) is 0. The third-order valence-corrected chi connectivity index (χ3v) is 14.8. The molecule has 0 radical (unpaired) electrons.